The molecule has 2 heterocycles. The largest absolute Gasteiger partial charge is 0.497 e. The maximum Gasteiger partial charge on any atom is 0.246 e. The number of sulfonamides is 1. The molecule has 0 saturated carbocycles. The molecular weight excluding hydrogens is 418 g/mol. The van der Waals surface area contributed by atoms with Crippen molar-refractivity contribution < 1.29 is 22.4 Å². The third-order valence-corrected chi connectivity index (χ3v) is 7.29. The van der Waals surface area contributed by atoms with Gasteiger partial charge < -0.3 is 18.9 Å². The smallest absolute Gasteiger partial charge is 0.246 e. The van der Waals surface area contributed by atoms with Gasteiger partial charge in [0.05, 0.1) is 19.9 Å². The van der Waals surface area contributed by atoms with Gasteiger partial charge >= 0.3 is 0 Å². The van der Waals surface area contributed by atoms with Crippen molar-refractivity contribution >= 4 is 15.7 Å². The van der Waals surface area contributed by atoms with Crippen molar-refractivity contribution in [3.8, 4) is 22.8 Å². The molecule has 2 aromatic carbocycles. The van der Waals surface area contributed by atoms with Crippen LogP contribution in [0.4, 0.5) is 5.69 Å². The fourth-order valence-electron chi connectivity index (χ4n) is 3.67. The lowest BCUT2D eigenvalue weighted by atomic mass is 10.1. The molecule has 4 rings (SSSR count). The fourth-order valence-corrected chi connectivity index (χ4v) is 5.23. The fraction of sp³-hybridized carbons (Fsp3) is 0.318. The summed E-state index contributed by atoms with van der Waals surface area (Å²) in [5.74, 6) is 1.62. The number of benzene rings is 2. The molecule has 0 atom stereocenters. The first-order valence-electron chi connectivity index (χ1n) is 9.93. The van der Waals surface area contributed by atoms with Crippen LogP contribution in [0.1, 0.15) is 5.69 Å². The zero-order valence-electron chi connectivity index (χ0n) is 17.7. The molecule has 3 aromatic rings. The van der Waals surface area contributed by atoms with Gasteiger partial charge in [0.15, 0.2) is 5.76 Å². The molecule has 164 valence electrons. The zero-order chi connectivity index (χ0) is 22.0. The van der Waals surface area contributed by atoms with Crippen molar-refractivity contribution in [3.05, 3.63) is 54.2 Å². The molecule has 0 spiro atoms. The highest BCUT2D eigenvalue weighted by Gasteiger charge is 2.31. The summed E-state index contributed by atoms with van der Waals surface area (Å²) < 4.78 is 44.2. The maximum atomic E-state index is 13.3. The normalized spacial score (nSPS) is 15.1. The van der Waals surface area contributed by atoms with Crippen LogP contribution in [0.3, 0.4) is 0 Å². The first-order valence-corrected chi connectivity index (χ1v) is 11.4. The second-order valence-corrected chi connectivity index (χ2v) is 9.20. The van der Waals surface area contributed by atoms with E-state index in [0.717, 1.165) is 17.1 Å². The Morgan fingerprint density at radius 1 is 0.968 bits per heavy atom. The number of aromatic nitrogens is 1. The second kappa shape index (κ2) is 8.60. The zero-order valence-corrected chi connectivity index (χ0v) is 18.6. The number of anilines is 1. The summed E-state index contributed by atoms with van der Waals surface area (Å²) in [6.45, 7) is 3.76. The van der Waals surface area contributed by atoms with Crippen LogP contribution in [-0.2, 0) is 10.0 Å². The number of aryl methyl sites for hydroxylation is 1. The summed E-state index contributed by atoms with van der Waals surface area (Å²) in [6, 6.07) is 14.5. The average Bonchev–Trinajstić information content (AvgIpc) is 3.25. The Labute approximate surface area is 182 Å². The third kappa shape index (κ3) is 4.24. The van der Waals surface area contributed by atoms with E-state index < -0.39 is 10.0 Å². The third-order valence-electron chi connectivity index (χ3n) is 5.35. The van der Waals surface area contributed by atoms with Crippen LogP contribution in [-0.4, -0.2) is 58.3 Å². The van der Waals surface area contributed by atoms with Crippen LogP contribution in [0.2, 0.25) is 0 Å². The van der Waals surface area contributed by atoms with Gasteiger partial charge in [-0.3, -0.25) is 0 Å². The quantitative estimate of drug-likeness (QED) is 0.578. The minimum Gasteiger partial charge on any atom is -0.497 e. The first-order chi connectivity index (χ1) is 14.9. The lowest BCUT2D eigenvalue weighted by Crippen LogP contribution is -2.48. The number of piperazine rings is 1. The highest BCUT2D eigenvalue weighted by Crippen LogP contribution is 2.33. The van der Waals surface area contributed by atoms with Crippen molar-refractivity contribution in [2.24, 2.45) is 0 Å². The van der Waals surface area contributed by atoms with Crippen molar-refractivity contribution in [1.82, 2.24) is 9.46 Å². The molecule has 0 aliphatic carbocycles. The van der Waals surface area contributed by atoms with Crippen molar-refractivity contribution in [1.29, 1.82) is 0 Å². The maximum absolute atomic E-state index is 13.3. The molecule has 8 nitrogen and oxygen atoms in total. The Balaban J connectivity index is 1.53. The molecular formula is C22H25N3O5S. The first kappa shape index (κ1) is 21.2. The Morgan fingerprint density at radius 3 is 2.39 bits per heavy atom. The van der Waals surface area contributed by atoms with Gasteiger partial charge in [-0.1, -0.05) is 11.2 Å². The lowest BCUT2D eigenvalue weighted by molar-refractivity contribution is 0.373. The predicted octanol–water partition coefficient (Wildman–Crippen LogP) is 3.18. The molecule has 1 aromatic heterocycles. The average molecular weight is 444 g/mol. The topological polar surface area (TPSA) is 85.1 Å². The Morgan fingerprint density at radius 2 is 1.74 bits per heavy atom. The van der Waals surface area contributed by atoms with E-state index in [-0.39, 0.29) is 10.6 Å². The summed E-state index contributed by atoms with van der Waals surface area (Å²) in [4.78, 5) is 2.30. The summed E-state index contributed by atoms with van der Waals surface area (Å²) >= 11 is 0. The van der Waals surface area contributed by atoms with E-state index in [1.165, 1.54) is 11.4 Å². The lowest BCUT2D eigenvalue weighted by Gasteiger charge is -2.35. The number of ether oxygens (including phenoxy) is 2. The summed E-state index contributed by atoms with van der Waals surface area (Å²) in [5, 5.41) is 3.88. The predicted molar refractivity (Wildman–Crippen MR) is 117 cm³/mol. The summed E-state index contributed by atoms with van der Waals surface area (Å²) in [7, 11) is -0.613. The van der Waals surface area contributed by atoms with Gasteiger partial charge in [0, 0.05) is 49.6 Å². The monoisotopic (exact) mass is 443 g/mol. The van der Waals surface area contributed by atoms with Crippen LogP contribution in [0.5, 0.6) is 11.5 Å². The molecule has 1 fully saturated rings. The van der Waals surface area contributed by atoms with Crippen molar-refractivity contribution in [3.63, 3.8) is 0 Å². The van der Waals surface area contributed by atoms with Crippen LogP contribution >= 0.6 is 0 Å². The van der Waals surface area contributed by atoms with Crippen LogP contribution in [0, 0.1) is 6.92 Å². The number of methoxy groups -OCH3 is 2. The molecule has 1 saturated heterocycles. The minimum atomic E-state index is -3.71. The molecule has 31 heavy (non-hydrogen) atoms. The highest BCUT2D eigenvalue weighted by molar-refractivity contribution is 7.89. The van der Waals surface area contributed by atoms with Gasteiger partial charge in [0.2, 0.25) is 10.0 Å². The molecule has 1 aliphatic rings. The van der Waals surface area contributed by atoms with E-state index in [0.29, 0.717) is 37.5 Å². The van der Waals surface area contributed by atoms with Gasteiger partial charge in [-0.2, -0.15) is 4.31 Å². The van der Waals surface area contributed by atoms with E-state index >= 15 is 0 Å². The van der Waals surface area contributed by atoms with E-state index in [9.17, 15) is 8.42 Å². The van der Waals surface area contributed by atoms with E-state index in [1.807, 2.05) is 31.2 Å². The van der Waals surface area contributed by atoms with Crippen LogP contribution in [0.25, 0.3) is 11.3 Å². The second-order valence-electron chi connectivity index (χ2n) is 7.29. The van der Waals surface area contributed by atoms with Gasteiger partial charge in [0.25, 0.3) is 0 Å². The van der Waals surface area contributed by atoms with E-state index in [4.69, 9.17) is 14.0 Å². The molecule has 0 amide bonds. The SMILES string of the molecule is COc1cccc(N2CCN(S(=O)(=O)c3ccc(-c4cc(C)no4)cc3OC)CC2)c1. The van der Waals surface area contributed by atoms with E-state index in [1.54, 1.807) is 31.4 Å². The number of hydrogen-bond acceptors (Lipinski definition) is 7. The highest BCUT2D eigenvalue weighted by atomic mass is 32.2. The van der Waals surface area contributed by atoms with Crippen LogP contribution in [0.15, 0.2) is 57.9 Å². The molecule has 0 bridgehead atoms. The van der Waals surface area contributed by atoms with Gasteiger partial charge in [-0.05, 0) is 37.3 Å². The molecule has 9 heteroatoms. The van der Waals surface area contributed by atoms with Crippen molar-refractivity contribution in [2.45, 2.75) is 11.8 Å². The molecule has 0 unspecified atom stereocenters. The Kier molecular flexibility index (Phi) is 5.88. The van der Waals surface area contributed by atoms with E-state index in [2.05, 4.69) is 10.1 Å². The van der Waals surface area contributed by atoms with Crippen molar-refractivity contribution in [2.75, 3.05) is 45.3 Å². The molecule has 1 aliphatic heterocycles. The number of hydrogen-bond donors (Lipinski definition) is 0. The Bertz CT molecular complexity index is 1170. The molecule has 0 N–H and O–H groups in total. The summed E-state index contributed by atoms with van der Waals surface area (Å²) in [6.07, 6.45) is 0. The Hall–Kier alpha value is -3.04. The van der Waals surface area contributed by atoms with Gasteiger partial charge in [0.1, 0.15) is 16.4 Å². The summed E-state index contributed by atoms with van der Waals surface area (Å²) in [5.41, 5.74) is 2.47. The number of nitrogens with zero attached hydrogens (tertiary/aromatic N) is 3. The minimum absolute atomic E-state index is 0.143. The van der Waals surface area contributed by atoms with Gasteiger partial charge in [-0.25, -0.2) is 8.42 Å². The number of rotatable bonds is 6. The van der Waals surface area contributed by atoms with Crippen LogP contribution < -0.4 is 14.4 Å². The molecule has 0 radical (unpaired) electrons. The standard InChI is InChI=1S/C22H25N3O5S/c1-16-13-20(30-23-16)17-7-8-22(21(14-17)29-3)31(26,27)25-11-9-24(10-12-25)18-5-4-6-19(15-18)28-2/h4-8,13-15H,9-12H2,1-3H3. The van der Waals surface area contributed by atoms with Gasteiger partial charge in [-0.15, -0.1) is 0 Å².